The minimum absolute atomic E-state index is 0.185. The van der Waals surface area contributed by atoms with E-state index in [9.17, 15) is 4.79 Å². The summed E-state index contributed by atoms with van der Waals surface area (Å²) in [6, 6.07) is 10.3. The Morgan fingerprint density at radius 1 is 1.42 bits per heavy atom. The van der Waals surface area contributed by atoms with Crippen LogP contribution in [0.1, 0.15) is 5.56 Å². The first-order chi connectivity index (χ1) is 9.16. The summed E-state index contributed by atoms with van der Waals surface area (Å²) < 4.78 is 0. The summed E-state index contributed by atoms with van der Waals surface area (Å²) in [4.78, 5) is 16.4. The van der Waals surface area contributed by atoms with E-state index in [0.717, 1.165) is 31.7 Å². The molecule has 0 radical (unpaired) electrons. The van der Waals surface area contributed by atoms with E-state index in [0.29, 0.717) is 12.5 Å². The largest absolute Gasteiger partial charge is 0.344 e. The van der Waals surface area contributed by atoms with Crippen LogP contribution in [0.4, 0.5) is 0 Å². The van der Waals surface area contributed by atoms with Gasteiger partial charge in [-0.15, -0.1) is 0 Å². The zero-order valence-electron chi connectivity index (χ0n) is 11.8. The molecule has 0 spiro atoms. The van der Waals surface area contributed by atoms with Crippen LogP contribution in [-0.4, -0.2) is 62.0 Å². The molecule has 1 amide bonds. The van der Waals surface area contributed by atoms with Crippen molar-refractivity contribution in [3.05, 3.63) is 35.9 Å². The van der Waals surface area contributed by atoms with Gasteiger partial charge in [-0.25, -0.2) is 0 Å². The van der Waals surface area contributed by atoms with Gasteiger partial charge in [-0.3, -0.25) is 9.69 Å². The number of carbonyl (C=O) groups excluding carboxylic acids is 1. The second kappa shape index (κ2) is 6.68. The number of piperazine rings is 1. The monoisotopic (exact) mass is 261 g/mol. The van der Waals surface area contributed by atoms with Crippen molar-refractivity contribution >= 4 is 5.91 Å². The molecule has 1 atom stereocenters. The minimum atomic E-state index is 0.185. The topological polar surface area (TPSA) is 35.6 Å². The Labute approximate surface area is 115 Å². The lowest BCUT2D eigenvalue weighted by Gasteiger charge is -2.35. The molecule has 0 aromatic heterocycles. The van der Waals surface area contributed by atoms with E-state index in [1.807, 2.05) is 42.3 Å². The third-order valence-electron chi connectivity index (χ3n) is 3.75. The predicted octanol–water partition coefficient (Wildman–Crippen LogP) is 0.591. The summed E-state index contributed by atoms with van der Waals surface area (Å²) in [5, 5.41) is 3.38. The van der Waals surface area contributed by atoms with Crippen LogP contribution in [0, 0.1) is 0 Å². The molecule has 1 aliphatic heterocycles. The molecular formula is C15H23N3O. The van der Waals surface area contributed by atoms with Gasteiger partial charge in [-0.05, 0) is 12.6 Å². The number of likely N-dealkylation sites (N-methyl/N-ethyl adjacent to an activating group) is 2. The molecule has 1 saturated heterocycles. The third-order valence-corrected chi connectivity index (χ3v) is 3.75. The number of rotatable bonds is 4. The smallest absolute Gasteiger partial charge is 0.226 e. The first kappa shape index (κ1) is 14.0. The molecule has 1 unspecified atom stereocenters. The molecule has 0 aliphatic carbocycles. The van der Waals surface area contributed by atoms with Crippen LogP contribution < -0.4 is 5.32 Å². The number of hydrogen-bond donors (Lipinski definition) is 1. The zero-order chi connectivity index (χ0) is 13.7. The Bertz CT molecular complexity index is 407. The second-order valence-corrected chi connectivity index (χ2v) is 5.28. The van der Waals surface area contributed by atoms with Crippen LogP contribution in [0.25, 0.3) is 0 Å². The van der Waals surface area contributed by atoms with Gasteiger partial charge in [0.2, 0.25) is 5.91 Å². The molecule has 0 bridgehead atoms. The van der Waals surface area contributed by atoms with Crippen molar-refractivity contribution in [3.63, 3.8) is 0 Å². The van der Waals surface area contributed by atoms with Gasteiger partial charge >= 0.3 is 0 Å². The zero-order valence-corrected chi connectivity index (χ0v) is 11.8. The Morgan fingerprint density at radius 2 is 2.16 bits per heavy atom. The van der Waals surface area contributed by atoms with Gasteiger partial charge in [0.1, 0.15) is 0 Å². The normalized spacial score (nSPS) is 20.2. The molecule has 1 aromatic rings. The van der Waals surface area contributed by atoms with E-state index in [1.54, 1.807) is 0 Å². The van der Waals surface area contributed by atoms with Crippen LogP contribution in [0.3, 0.4) is 0 Å². The number of nitrogens with one attached hydrogen (secondary N) is 1. The number of carbonyl (C=O) groups is 1. The highest BCUT2D eigenvalue weighted by atomic mass is 16.2. The fourth-order valence-corrected chi connectivity index (χ4v) is 2.39. The molecule has 104 valence electrons. The summed E-state index contributed by atoms with van der Waals surface area (Å²) >= 11 is 0. The van der Waals surface area contributed by atoms with Gasteiger partial charge in [0, 0.05) is 39.3 Å². The highest BCUT2D eigenvalue weighted by Crippen LogP contribution is 2.05. The molecule has 1 N–H and O–H groups in total. The van der Waals surface area contributed by atoms with Crippen LogP contribution in [0.2, 0.25) is 0 Å². The Kier molecular flexibility index (Phi) is 4.93. The van der Waals surface area contributed by atoms with Gasteiger partial charge in [0.05, 0.1) is 6.42 Å². The number of benzene rings is 1. The fraction of sp³-hybridized carbons (Fsp3) is 0.533. The minimum Gasteiger partial charge on any atom is -0.344 e. The molecule has 1 aliphatic rings. The predicted molar refractivity (Wildman–Crippen MR) is 77.1 cm³/mol. The molecule has 4 nitrogen and oxygen atoms in total. The molecule has 0 saturated carbocycles. The Balaban J connectivity index is 1.85. The molecule has 4 heteroatoms. The highest BCUT2D eigenvalue weighted by Gasteiger charge is 2.21. The van der Waals surface area contributed by atoms with E-state index in [4.69, 9.17) is 0 Å². The second-order valence-electron chi connectivity index (χ2n) is 5.28. The lowest BCUT2D eigenvalue weighted by Crippen LogP contribution is -2.54. The molecule has 2 rings (SSSR count). The van der Waals surface area contributed by atoms with Crippen LogP contribution >= 0.6 is 0 Å². The molecule has 1 heterocycles. The summed E-state index contributed by atoms with van der Waals surface area (Å²) in [5.41, 5.74) is 1.08. The average molecular weight is 261 g/mol. The first-order valence-corrected chi connectivity index (χ1v) is 6.85. The van der Waals surface area contributed by atoms with Crippen molar-refractivity contribution in [2.45, 2.75) is 12.5 Å². The number of amides is 1. The maximum atomic E-state index is 12.2. The van der Waals surface area contributed by atoms with Crippen molar-refractivity contribution in [2.24, 2.45) is 0 Å². The van der Waals surface area contributed by atoms with E-state index in [1.165, 1.54) is 0 Å². The summed E-state index contributed by atoms with van der Waals surface area (Å²) in [6.07, 6.45) is 0.487. The maximum Gasteiger partial charge on any atom is 0.226 e. The van der Waals surface area contributed by atoms with Gasteiger partial charge in [0.15, 0.2) is 0 Å². The van der Waals surface area contributed by atoms with Gasteiger partial charge in [-0.1, -0.05) is 30.3 Å². The maximum absolute atomic E-state index is 12.2. The van der Waals surface area contributed by atoms with Crippen molar-refractivity contribution in [1.82, 2.24) is 15.1 Å². The standard InChI is InChI=1S/C15H23N3O/c1-17-9-8-16-11-14(17)12-18(2)15(19)10-13-6-4-3-5-7-13/h3-7,14,16H,8-12H2,1-2H3. The van der Waals surface area contributed by atoms with Crippen LogP contribution in [-0.2, 0) is 11.2 Å². The van der Waals surface area contributed by atoms with Crippen molar-refractivity contribution in [3.8, 4) is 0 Å². The highest BCUT2D eigenvalue weighted by molar-refractivity contribution is 5.78. The molecule has 1 fully saturated rings. The van der Waals surface area contributed by atoms with Crippen molar-refractivity contribution < 1.29 is 4.79 Å². The van der Waals surface area contributed by atoms with Crippen molar-refractivity contribution in [1.29, 1.82) is 0 Å². The Hall–Kier alpha value is -1.39. The number of nitrogens with zero attached hydrogens (tertiary/aromatic N) is 2. The van der Waals surface area contributed by atoms with E-state index in [-0.39, 0.29) is 5.91 Å². The van der Waals surface area contributed by atoms with E-state index in [2.05, 4.69) is 17.3 Å². The van der Waals surface area contributed by atoms with Crippen LogP contribution in [0.15, 0.2) is 30.3 Å². The lowest BCUT2D eigenvalue weighted by atomic mass is 10.1. The number of hydrogen-bond acceptors (Lipinski definition) is 3. The summed E-state index contributed by atoms with van der Waals surface area (Å²) in [5.74, 6) is 0.185. The fourth-order valence-electron chi connectivity index (χ4n) is 2.39. The van der Waals surface area contributed by atoms with Crippen molar-refractivity contribution in [2.75, 3.05) is 40.3 Å². The van der Waals surface area contributed by atoms with Gasteiger partial charge in [0.25, 0.3) is 0 Å². The summed E-state index contributed by atoms with van der Waals surface area (Å²) in [7, 11) is 4.02. The molecule has 19 heavy (non-hydrogen) atoms. The average Bonchev–Trinajstić information content (AvgIpc) is 2.42. The lowest BCUT2D eigenvalue weighted by molar-refractivity contribution is -0.129. The third kappa shape index (κ3) is 4.04. The van der Waals surface area contributed by atoms with E-state index >= 15 is 0 Å². The van der Waals surface area contributed by atoms with Crippen LogP contribution in [0.5, 0.6) is 0 Å². The van der Waals surface area contributed by atoms with E-state index < -0.39 is 0 Å². The molecule has 1 aromatic carbocycles. The Morgan fingerprint density at radius 3 is 2.84 bits per heavy atom. The molecular weight excluding hydrogens is 238 g/mol. The van der Waals surface area contributed by atoms with Gasteiger partial charge in [-0.2, -0.15) is 0 Å². The summed E-state index contributed by atoms with van der Waals surface area (Å²) in [6.45, 7) is 3.83. The van der Waals surface area contributed by atoms with Gasteiger partial charge < -0.3 is 10.2 Å². The quantitative estimate of drug-likeness (QED) is 0.862. The SMILES string of the molecule is CN(CC1CNCCN1C)C(=O)Cc1ccccc1. The first-order valence-electron chi connectivity index (χ1n) is 6.85.